The van der Waals surface area contributed by atoms with Crippen molar-refractivity contribution in [3.05, 3.63) is 54.1 Å². The van der Waals surface area contributed by atoms with Crippen LogP contribution in [0, 0.1) is 0 Å². The summed E-state index contributed by atoms with van der Waals surface area (Å²) in [6.07, 6.45) is 0. The Kier molecular flexibility index (Phi) is 5.20. The fourth-order valence-electron chi connectivity index (χ4n) is 3.83. The van der Waals surface area contributed by atoms with E-state index < -0.39 is 0 Å². The number of carbonyl (C=O) groups excluding carboxylic acids is 3. The van der Waals surface area contributed by atoms with Gasteiger partial charge in [0.25, 0.3) is 0 Å². The first kappa shape index (κ1) is 19.0. The number of nitrogens with zero attached hydrogens (tertiary/aromatic N) is 3. The number of hydrogen-bond acceptors (Lipinski definition) is 5. The summed E-state index contributed by atoms with van der Waals surface area (Å²) in [5.74, 6) is -0.0173. The van der Waals surface area contributed by atoms with E-state index in [4.69, 9.17) is 0 Å². The zero-order valence-electron chi connectivity index (χ0n) is 16.4. The maximum Gasteiger partial charge on any atom is 0.243 e. The predicted molar refractivity (Wildman–Crippen MR) is 113 cm³/mol. The van der Waals surface area contributed by atoms with E-state index in [1.165, 1.54) is 0 Å². The van der Waals surface area contributed by atoms with Gasteiger partial charge < -0.3 is 20.0 Å². The highest BCUT2D eigenvalue weighted by atomic mass is 16.2. The van der Waals surface area contributed by atoms with Crippen LogP contribution in [0.5, 0.6) is 0 Å². The van der Waals surface area contributed by atoms with Gasteiger partial charge in [-0.1, -0.05) is 12.1 Å². The second-order valence-corrected chi connectivity index (χ2v) is 7.39. The van der Waals surface area contributed by atoms with Gasteiger partial charge in [0, 0.05) is 37.4 Å². The lowest BCUT2D eigenvalue weighted by atomic mass is 10.1. The lowest BCUT2D eigenvalue weighted by Gasteiger charge is -2.38. The van der Waals surface area contributed by atoms with Gasteiger partial charge in [0.05, 0.1) is 24.5 Å². The summed E-state index contributed by atoms with van der Waals surface area (Å²) in [5, 5.41) is 2.84. The second kappa shape index (κ2) is 7.95. The van der Waals surface area contributed by atoms with E-state index >= 15 is 0 Å². The highest BCUT2D eigenvalue weighted by molar-refractivity contribution is 6.02. The molecule has 0 radical (unpaired) electrons. The van der Waals surface area contributed by atoms with E-state index in [-0.39, 0.29) is 30.7 Å². The van der Waals surface area contributed by atoms with Gasteiger partial charge in [-0.3, -0.25) is 14.4 Å². The molecule has 0 spiro atoms. The smallest absolute Gasteiger partial charge is 0.243 e. The molecule has 7 heteroatoms. The largest absolute Gasteiger partial charge is 0.368 e. The van der Waals surface area contributed by atoms with Gasteiger partial charge in [-0.2, -0.15) is 0 Å². The predicted octanol–water partition coefficient (Wildman–Crippen LogP) is 2.00. The third-order valence-corrected chi connectivity index (χ3v) is 5.45. The molecule has 0 bridgehead atoms. The standard InChI is InChI=1S/C22H24N4O3/c1-16(27)17-6-8-18(9-7-17)24-10-12-25(13-11-24)22(29)15-26-14-21(28)23-19-4-2-3-5-20(19)26/h2-9H,10-15H2,1H3,(H,23,28). The zero-order chi connectivity index (χ0) is 20.4. The number of Topliss-reactive ketones (excluding diaryl/α,β-unsaturated/α-hetero) is 1. The van der Waals surface area contributed by atoms with Crippen LogP contribution in [0.25, 0.3) is 0 Å². The molecule has 4 rings (SSSR count). The van der Waals surface area contributed by atoms with Crippen molar-refractivity contribution in [3.8, 4) is 0 Å². The number of para-hydroxylation sites is 2. The Bertz CT molecular complexity index is 933. The number of carbonyl (C=O) groups is 3. The Labute approximate surface area is 169 Å². The Morgan fingerprint density at radius 3 is 2.34 bits per heavy atom. The first-order valence-corrected chi connectivity index (χ1v) is 9.79. The molecule has 0 aliphatic carbocycles. The molecular weight excluding hydrogens is 368 g/mol. The molecule has 2 heterocycles. The highest BCUT2D eigenvalue weighted by Gasteiger charge is 2.27. The van der Waals surface area contributed by atoms with Crippen molar-refractivity contribution in [2.24, 2.45) is 0 Å². The third-order valence-electron chi connectivity index (χ3n) is 5.45. The summed E-state index contributed by atoms with van der Waals surface area (Å²) >= 11 is 0. The molecule has 1 N–H and O–H groups in total. The second-order valence-electron chi connectivity index (χ2n) is 7.39. The van der Waals surface area contributed by atoms with Crippen LogP contribution in [0.2, 0.25) is 0 Å². The van der Waals surface area contributed by atoms with Gasteiger partial charge in [0.1, 0.15) is 0 Å². The van der Waals surface area contributed by atoms with E-state index in [0.717, 1.165) is 30.2 Å². The third kappa shape index (κ3) is 4.08. The number of hydrogen-bond donors (Lipinski definition) is 1. The Morgan fingerprint density at radius 2 is 1.66 bits per heavy atom. The van der Waals surface area contributed by atoms with Gasteiger partial charge in [-0.15, -0.1) is 0 Å². The lowest BCUT2D eigenvalue weighted by molar-refractivity contribution is -0.130. The Balaban J connectivity index is 1.36. The number of rotatable bonds is 4. The van der Waals surface area contributed by atoms with E-state index in [2.05, 4.69) is 10.2 Å². The van der Waals surface area contributed by atoms with E-state index in [1.807, 2.05) is 58.3 Å². The van der Waals surface area contributed by atoms with Gasteiger partial charge in [0.15, 0.2) is 5.78 Å². The SMILES string of the molecule is CC(=O)c1ccc(N2CCN(C(=O)CN3CC(=O)Nc4ccccc43)CC2)cc1. The molecule has 2 aromatic carbocycles. The molecule has 2 aliphatic heterocycles. The zero-order valence-corrected chi connectivity index (χ0v) is 16.4. The number of fused-ring (bicyclic) bond motifs is 1. The molecule has 0 unspecified atom stereocenters. The molecule has 2 aliphatic rings. The molecule has 1 saturated heterocycles. The van der Waals surface area contributed by atoms with Crippen LogP contribution in [0.3, 0.4) is 0 Å². The monoisotopic (exact) mass is 392 g/mol. The van der Waals surface area contributed by atoms with Gasteiger partial charge in [-0.05, 0) is 43.3 Å². The van der Waals surface area contributed by atoms with Crippen LogP contribution in [-0.2, 0) is 9.59 Å². The summed E-state index contributed by atoms with van der Waals surface area (Å²) in [4.78, 5) is 42.1. The fraction of sp³-hybridized carbons (Fsp3) is 0.318. The molecule has 1 fully saturated rings. The molecule has 150 valence electrons. The van der Waals surface area contributed by atoms with Gasteiger partial charge >= 0.3 is 0 Å². The van der Waals surface area contributed by atoms with Crippen molar-refractivity contribution < 1.29 is 14.4 Å². The average Bonchev–Trinajstić information content (AvgIpc) is 2.74. The lowest BCUT2D eigenvalue weighted by Crippen LogP contribution is -2.52. The number of nitrogens with one attached hydrogen (secondary N) is 1. The van der Waals surface area contributed by atoms with Crippen LogP contribution in [0.1, 0.15) is 17.3 Å². The molecular formula is C22H24N4O3. The molecule has 0 saturated carbocycles. The van der Waals surface area contributed by atoms with Gasteiger partial charge in [0.2, 0.25) is 11.8 Å². The van der Waals surface area contributed by atoms with E-state index in [0.29, 0.717) is 18.7 Å². The quantitative estimate of drug-likeness (QED) is 0.806. The first-order chi connectivity index (χ1) is 14.0. The van der Waals surface area contributed by atoms with Crippen molar-refractivity contribution in [1.29, 1.82) is 0 Å². The van der Waals surface area contributed by atoms with Crippen molar-refractivity contribution in [1.82, 2.24) is 4.90 Å². The molecule has 2 aromatic rings. The van der Waals surface area contributed by atoms with Gasteiger partial charge in [-0.25, -0.2) is 0 Å². The number of amides is 2. The minimum atomic E-state index is -0.102. The Morgan fingerprint density at radius 1 is 0.966 bits per heavy atom. The molecule has 2 amide bonds. The van der Waals surface area contributed by atoms with Crippen molar-refractivity contribution in [3.63, 3.8) is 0 Å². The normalized spacial score (nSPS) is 16.3. The fourth-order valence-corrected chi connectivity index (χ4v) is 3.83. The topological polar surface area (TPSA) is 73.0 Å². The summed E-state index contributed by atoms with van der Waals surface area (Å²) in [7, 11) is 0. The van der Waals surface area contributed by atoms with E-state index in [9.17, 15) is 14.4 Å². The number of anilines is 3. The van der Waals surface area contributed by atoms with Crippen molar-refractivity contribution >= 4 is 34.7 Å². The summed E-state index contributed by atoms with van der Waals surface area (Å²) in [6.45, 7) is 4.68. The number of piperazine rings is 1. The summed E-state index contributed by atoms with van der Waals surface area (Å²) < 4.78 is 0. The summed E-state index contributed by atoms with van der Waals surface area (Å²) in [5.41, 5.74) is 3.39. The minimum absolute atomic E-state index is 0.0288. The summed E-state index contributed by atoms with van der Waals surface area (Å²) in [6, 6.07) is 15.1. The first-order valence-electron chi connectivity index (χ1n) is 9.79. The molecule has 29 heavy (non-hydrogen) atoms. The number of ketones is 1. The molecule has 0 aromatic heterocycles. The van der Waals surface area contributed by atoms with Crippen LogP contribution in [0.15, 0.2) is 48.5 Å². The van der Waals surface area contributed by atoms with Crippen LogP contribution >= 0.6 is 0 Å². The average molecular weight is 392 g/mol. The van der Waals surface area contributed by atoms with Crippen LogP contribution in [-0.4, -0.2) is 61.8 Å². The molecule has 7 nitrogen and oxygen atoms in total. The molecule has 0 atom stereocenters. The van der Waals surface area contributed by atoms with E-state index in [1.54, 1.807) is 6.92 Å². The number of benzene rings is 2. The maximum atomic E-state index is 12.8. The minimum Gasteiger partial charge on any atom is -0.368 e. The van der Waals surface area contributed by atoms with Crippen LogP contribution in [0.4, 0.5) is 17.1 Å². The highest BCUT2D eigenvalue weighted by Crippen LogP contribution is 2.28. The van der Waals surface area contributed by atoms with Crippen molar-refractivity contribution in [2.45, 2.75) is 6.92 Å². The van der Waals surface area contributed by atoms with Crippen molar-refractivity contribution in [2.75, 3.05) is 54.4 Å². The Hall–Kier alpha value is -3.35. The van der Waals surface area contributed by atoms with Crippen LogP contribution < -0.4 is 15.1 Å². The maximum absolute atomic E-state index is 12.8.